The Morgan fingerprint density at radius 1 is 1.50 bits per heavy atom. The number of hydrogen-bond acceptors (Lipinski definition) is 4. The lowest BCUT2D eigenvalue weighted by Crippen LogP contribution is -2.22. The van der Waals surface area contributed by atoms with Crippen LogP contribution in [0.5, 0.6) is 5.75 Å². The molecule has 2 aromatic heterocycles. The van der Waals surface area contributed by atoms with Crippen LogP contribution in [-0.4, -0.2) is 23.9 Å². The molecule has 5 heteroatoms. The molecule has 0 aliphatic rings. The number of ether oxygens (including phenoxy) is 1. The second-order valence-electron chi connectivity index (χ2n) is 4.78. The molecule has 0 bridgehead atoms. The Hall–Kier alpha value is -1.75. The van der Waals surface area contributed by atoms with E-state index in [9.17, 15) is 0 Å². The lowest BCUT2D eigenvalue weighted by atomic mass is 10.1. The van der Waals surface area contributed by atoms with Gasteiger partial charge in [0, 0.05) is 13.0 Å². The molecular formula is C15H23N3O2. The number of nitrogens with one attached hydrogen (secondary N) is 1. The van der Waals surface area contributed by atoms with E-state index in [1.807, 2.05) is 23.9 Å². The van der Waals surface area contributed by atoms with Gasteiger partial charge in [0.25, 0.3) is 0 Å². The van der Waals surface area contributed by atoms with Crippen molar-refractivity contribution in [3.05, 3.63) is 36.0 Å². The summed E-state index contributed by atoms with van der Waals surface area (Å²) in [4.78, 5) is 0. The Kier molecular flexibility index (Phi) is 5.24. The molecule has 0 saturated heterocycles. The summed E-state index contributed by atoms with van der Waals surface area (Å²) < 4.78 is 12.9. The normalized spacial score (nSPS) is 12.6. The molecule has 0 spiro atoms. The lowest BCUT2D eigenvalue weighted by Gasteiger charge is -2.18. The van der Waals surface area contributed by atoms with Crippen molar-refractivity contribution in [2.45, 2.75) is 38.8 Å². The first-order valence-corrected chi connectivity index (χ1v) is 7.09. The summed E-state index contributed by atoms with van der Waals surface area (Å²) in [7, 11) is 3.66. The van der Waals surface area contributed by atoms with Gasteiger partial charge in [-0.3, -0.25) is 4.68 Å². The molecule has 5 nitrogen and oxygen atoms in total. The number of furan rings is 1. The SMILES string of the molecule is CCCn1ncc(OC)c1C(CCc1ccco1)NC. The largest absolute Gasteiger partial charge is 0.493 e. The third kappa shape index (κ3) is 3.22. The highest BCUT2D eigenvalue weighted by molar-refractivity contribution is 5.28. The number of aromatic nitrogens is 2. The van der Waals surface area contributed by atoms with Crippen molar-refractivity contribution in [1.82, 2.24) is 15.1 Å². The van der Waals surface area contributed by atoms with E-state index in [-0.39, 0.29) is 6.04 Å². The molecule has 1 N–H and O–H groups in total. The lowest BCUT2D eigenvalue weighted by molar-refractivity contribution is 0.385. The van der Waals surface area contributed by atoms with Crippen molar-refractivity contribution in [3.63, 3.8) is 0 Å². The summed E-state index contributed by atoms with van der Waals surface area (Å²) in [6.45, 7) is 3.05. The zero-order valence-electron chi connectivity index (χ0n) is 12.4. The molecule has 0 aromatic carbocycles. The van der Waals surface area contributed by atoms with Gasteiger partial charge < -0.3 is 14.5 Å². The van der Waals surface area contributed by atoms with Crippen LogP contribution in [0.3, 0.4) is 0 Å². The molecule has 1 atom stereocenters. The summed E-state index contributed by atoms with van der Waals surface area (Å²) in [6.07, 6.45) is 6.38. The van der Waals surface area contributed by atoms with Crippen LogP contribution in [-0.2, 0) is 13.0 Å². The van der Waals surface area contributed by atoms with Crippen LogP contribution in [0.4, 0.5) is 0 Å². The van der Waals surface area contributed by atoms with Crippen molar-refractivity contribution in [2.75, 3.05) is 14.2 Å². The maximum Gasteiger partial charge on any atom is 0.161 e. The van der Waals surface area contributed by atoms with Crippen LogP contribution in [0, 0.1) is 0 Å². The minimum atomic E-state index is 0.198. The van der Waals surface area contributed by atoms with E-state index in [0.717, 1.165) is 43.0 Å². The fourth-order valence-corrected chi connectivity index (χ4v) is 2.44. The summed E-state index contributed by atoms with van der Waals surface area (Å²) in [5.41, 5.74) is 1.11. The topological polar surface area (TPSA) is 52.2 Å². The van der Waals surface area contributed by atoms with Crippen molar-refractivity contribution in [1.29, 1.82) is 0 Å². The summed E-state index contributed by atoms with van der Waals surface area (Å²) >= 11 is 0. The van der Waals surface area contributed by atoms with Gasteiger partial charge in [-0.15, -0.1) is 0 Å². The maximum absolute atomic E-state index is 5.45. The molecule has 0 aliphatic heterocycles. The van der Waals surface area contributed by atoms with E-state index in [2.05, 4.69) is 17.3 Å². The van der Waals surface area contributed by atoms with Gasteiger partial charge in [0.05, 0.1) is 31.3 Å². The Morgan fingerprint density at radius 3 is 2.95 bits per heavy atom. The van der Waals surface area contributed by atoms with Gasteiger partial charge in [-0.25, -0.2) is 0 Å². The average molecular weight is 277 g/mol. The fraction of sp³-hybridized carbons (Fsp3) is 0.533. The zero-order chi connectivity index (χ0) is 14.4. The Balaban J connectivity index is 2.14. The maximum atomic E-state index is 5.45. The molecule has 20 heavy (non-hydrogen) atoms. The van der Waals surface area contributed by atoms with Gasteiger partial charge >= 0.3 is 0 Å². The molecular weight excluding hydrogens is 254 g/mol. The van der Waals surface area contributed by atoms with E-state index in [1.165, 1.54) is 0 Å². The van der Waals surface area contributed by atoms with Crippen LogP contribution in [0.25, 0.3) is 0 Å². The first-order valence-electron chi connectivity index (χ1n) is 7.09. The highest BCUT2D eigenvalue weighted by atomic mass is 16.5. The van der Waals surface area contributed by atoms with E-state index < -0.39 is 0 Å². The summed E-state index contributed by atoms with van der Waals surface area (Å²) in [6, 6.07) is 4.13. The summed E-state index contributed by atoms with van der Waals surface area (Å²) in [5.74, 6) is 1.85. The fourth-order valence-electron chi connectivity index (χ4n) is 2.44. The number of nitrogens with zero attached hydrogens (tertiary/aromatic N) is 2. The zero-order valence-corrected chi connectivity index (χ0v) is 12.4. The monoisotopic (exact) mass is 277 g/mol. The van der Waals surface area contributed by atoms with Crippen LogP contribution in [0.1, 0.15) is 37.3 Å². The first kappa shape index (κ1) is 14.7. The minimum absolute atomic E-state index is 0.198. The first-order chi connectivity index (χ1) is 9.80. The number of aryl methyl sites for hydroxylation is 2. The standard InChI is InChI=1S/C15H23N3O2/c1-4-9-18-15(14(19-3)11-17-18)13(16-2)8-7-12-6-5-10-20-12/h5-6,10-11,13,16H,4,7-9H2,1-3H3. The molecule has 2 rings (SSSR count). The third-order valence-electron chi connectivity index (χ3n) is 3.44. The van der Waals surface area contributed by atoms with Crippen molar-refractivity contribution < 1.29 is 9.15 Å². The molecule has 1 unspecified atom stereocenters. The quantitative estimate of drug-likeness (QED) is 0.806. The number of hydrogen-bond donors (Lipinski definition) is 1. The van der Waals surface area contributed by atoms with E-state index in [1.54, 1.807) is 19.6 Å². The van der Waals surface area contributed by atoms with Crippen molar-refractivity contribution in [3.8, 4) is 5.75 Å². The second kappa shape index (κ2) is 7.14. The average Bonchev–Trinajstić information content (AvgIpc) is 3.10. The van der Waals surface area contributed by atoms with Crippen LogP contribution in [0.2, 0.25) is 0 Å². The molecule has 110 valence electrons. The van der Waals surface area contributed by atoms with Crippen LogP contribution < -0.4 is 10.1 Å². The molecule has 0 saturated carbocycles. The minimum Gasteiger partial charge on any atom is -0.493 e. The predicted octanol–water partition coefficient (Wildman–Crippen LogP) is 2.79. The predicted molar refractivity (Wildman–Crippen MR) is 77.9 cm³/mol. The smallest absolute Gasteiger partial charge is 0.161 e. The molecule has 0 aliphatic carbocycles. The van der Waals surface area contributed by atoms with Gasteiger partial charge in [-0.1, -0.05) is 6.92 Å². The number of methoxy groups -OCH3 is 1. The molecule has 2 aromatic rings. The Morgan fingerprint density at radius 2 is 2.35 bits per heavy atom. The van der Waals surface area contributed by atoms with Crippen molar-refractivity contribution in [2.24, 2.45) is 0 Å². The molecule has 0 radical (unpaired) electrons. The number of rotatable bonds is 8. The second-order valence-corrected chi connectivity index (χ2v) is 4.78. The summed E-state index contributed by atoms with van der Waals surface area (Å²) in [5, 5.41) is 7.78. The van der Waals surface area contributed by atoms with Crippen molar-refractivity contribution >= 4 is 0 Å². The Bertz CT molecular complexity index is 505. The van der Waals surface area contributed by atoms with Gasteiger partial charge in [0.15, 0.2) is 5.75 Å². The van der Waals surface area contributed by atoms with Gasteiger partial charge in [-0.2, -0.15) is 5.10 Å². The van der Waals surface area contributed by atoms with E-state index in [0.29, 0.717) is 0 Å². The highest BCUT2D eigenvalue weighted by Crippen LogP contribution is 2.28. The van der Waals surface area contributed by atoms with E-state index >= 15 is 0 Å². The van der Waals surface area contributed by atoms with Crippen LogP contribution >= 0.6 is 0 Å². The third-order valence-corrected chi connectivity index (χ3v) is 3.44. The van der Waals surface area contributed by atoms with Gasteiger partial charge in [0.2, 0.25) is 0 Å². The Labute approximate surface area is 119 Å². The van der Waals surface area contributed by atoms with Gasteiger partial charge in [-0.05, 0) is 32.0 Å². The van der Waals surface area contributed by atoms with E-state index in [4.69, 9.17) is 9.15 Å². The van der Waals surface area contributed by atoms with Crippen LogP contribution in [0.15, 0.2) is 29.0 Å². The highest BCUT2D eigenvalue weighted by Gasteiger charge is 2.20. The molecule has 0 amide bonds. The van der Waals surface area contributed by atoms with Gasteiger partial charge in [0.1, 0.15) is 5.76 Å². The molecule has 0 fully saturated rings. The molecule has 2 heterocycles.